The summed E-state index contributed by atoms with van der Waals surface area (Å²) in [5.74, 6) is 0.380. The van der Waals surface area contributed by atoms with Crippen LogP contribution in [0.15, 0.2) is 18.2 Å². The van der Waals surface area contributed by atoms with Gasteiger partial charge in [0.05, 0.1) is 0 Å². The Kier molecular flexibility index (Phi) is 1.77. The van der Waals surface area contributed by atoms with Gasteiger partial charge in [0.2, 0.25) is 0 Å². The van der Waals surface area contributed by atoms with Gasteiger partial charge in [0, 0.05) is 6.04 Å². The van der Waals surface area contributed by atoms with Gasteiger partial charge in [0.15, 0.2) is 0 Å². The van der Waals surface area contributed by atoms with Crippen molar-refractivity contribution in [2.45, 2.75) is 18.9 Å². The van der Waals surface area contributed by atoms with Crippen LogP contribution in [-0.4, -0.2) is 18.2 Å². The smallest absolute Gasteiger partial charge is 0.115 e. The Morgan fingerprint density at radius 3 is 2.83 bits per heavy atom. The first kappa shape index (κ1) is 7.62. The van der Waals surface area contributed by atoms with E-state index in [2.05, 4.69) is 5.32 Å². The van der Waals surface area contributed by atoms with Gasteiger partial charge in [-0.15, -0.1) is 0 Å². The summed E-state index contributed by atoms with van der Waals surface area (Å²) in [4.78, 5) is 0. The first-order valence-corrected chi connectivity index (χ1v) is 4.27. The minimum atomic E-state index is 0.380. The lowest BCUT2D eigenvalue weighted by atomic mass is 10.1. The summed E-state index contributed by atoms with van der Waals surface area (Å²) in [5, 5.41) is 12.5. The lowest BCUT2D eigenvalue weighted by Crippen LogP contribution is -2.24. The molecule has 2 heteroatoms. The molecule has 0 spiro atoms. The Bertz CT molecular complexity index is 296. The molecule has 1 aliphatic rings. The van der Waals surface area contributed by atoms with Gasteiger partial charge in [-0.05, 0) is 43.1 Å². The maximum atomic E-state index is 9.23. The van der Waals surface area contributed by atoms with Crippen LogP contribution in [0.25, 0.3) is 0 Å². The van der Waals surface area contributed by atoms with E-state index < -0.39 is 0 Å². The van der Waals surface area contributed by atoms with Crippen molar-refractivity contribution in [3.05, 3.63) is 29.3 Å². The van der Waals surface area contributed by atoms with E-state index in [4.69, 9.17) is 0 Å². The highest BCUT2D eigenvalue weighted by Crippen LogP contribution is 2.25. The highest BCUT2D eigenvalue weighted by Gasteiger charge is 2.19. The van der Waals surface area contributed by atoms with Crippen LogP contribution in [0.3, 0.4) is 0 Å². The number of phenolic OH excluding ortho intramolecular Hbond substituents is 1. The van der Waals surface area contributed by atoms with Crippen LogP contribution in [0.4, 0.5) is 0 Å². The third kappa shape index (κ3) is 1.18. The Labute approximate surface area is 72.2 Å². The largest absolute Gasteiger partial charge is 0.508 e. The number of aromatic hydroxyl groups is 1. The van der Waals surface area contributed by atoms with Crippen molar-refractivity contribution in [3.8, 4) is 5.75 Å². The molecule has 0 amide bonds. The summed E-state index contributed by atoms with van der Waals surface area (Å²) in [6.45, 7) is 0. The van der Waals surface area contributed by atoms with Crippen molar-refractivity contribution in [2.75, 3.05) is 7.05 Å². The topological polar surface area (TPSA) is 32.3 Å². The Hall–Kier alpha value is -1.02. The average Bonchev–Trinajstić information content (AvgIpc) is 2.46. The van der Waals surface area contributed by atoms with Crippen molar-refractivity contribution < 1.29 is 5.11 Å². The van der Waals surface area contributed by atoms with Crippen LogP contribution in [0, 0.1) is 0 Å². The third-order valence-electron chi connectivity index (χ3n) is 2.53. The molecule has 0 radical (unpaired) electrons. The molecular weight excluding hydrogens is 150 g/mol. The molecule has 0 bridgehead atoms. The summed E-state index contributed by atoms with van der Waals surface area (Å²) in [6.07, 6.45) is 2.13. The number of benzene rings is 1. The van der Waals surface area contributed by atoms with Crippen molar-refractivity contribution >= 4 is 0 Å². The van der Waals surface area contributed by atoms with Crippen molar-refractivity contribution in [1.82, 2.24) is 5.32 Å². The molecule has 0 aliphatic heterocycles. The van der Waals surface area contributed by atoms with Crippen LogP contribution >= 0.6 is 0 Å². The average molecular weight is 163 g/mol. The number of fused-ring (bicyclic) bond motifs is 1. The fourth-order valence-electron chi connectivity index (χ4n) is 1.81. The number of nitrogens with one attached hydrogen (secondary N) is 1. The summed E-state index contributed by atoms with van der Waals surface area (Å²) >= 11 is 0. The van der Waals surface area contributed by atoms with Crippen LogP contribution in [-0.2, 0) is 12.8 Å². The van der Waals surface area contributed by atoms with Crippen LogP contribution in [0.2, 0.25) is 0 Å². The van der Waals surface area contributed by atoms with Crippen LogP contribution < -0.4 is 5.32 Å². The zero-order valence-electron chi connectivity index (χ0n) is 7.17. The van der Waals surface area contributed by atoms with Crippen molar-refractivity contribution in [1.29, 1.82) is 0 Å². The van der Waals surface area contributed by atoms with E-state index in [1.807, 2.05) is 19.2 Å². The van der Waals surface area contributed by atoms with E-state index in [1.165, 1.54) is 11.1 Å². The van der Waals surface area contributed by atoms with Crippen molar-refractivity contribution in [2.24, 2.45) is 0 Å². The third-order valence-corrected chi connectivity index (χ3v) is 2.53. The Morgan fingerprint density at radius 2 is 2.08 bits per heavy atom. The van der Waals surface area contributed by atoms with Crippen molar-refractivity contribution in [3.63, 3.8) is 0 Å². The maximum Gasteiger partial charge on any atom is 0.115 e. The fraction of sp³-hybridized carbons (Fsp3) is 0.400. The summed E-state index contributed by atoms with van der Waals surface area (Å²) in [7, 11) is 1.98. The minimum Gasteiger partial charge on any atom is -0.508 e. The number of phenols is 1. The van der Waals surface area contributed by atoms with Gasteiger partial charge < -0.3 is 10.4 Å². The molecule has 1 aromatic rings. The van der Waals surface area contributed by atoms with Crippen LogP contribution in [0.5, 0.6) is 5.75 Å². The lowest BCUT2D eigenvalue weighted by Gasteiger charge is -2.04. The standard InChI is InChI=1S/C10H13NO/c1-11-9-4-7-2-3-10(12)6-8(7)5-9/h2-3,6,9,11-12H,4-5H2,1H3. The molecule has 1 aromatic carbocycles. The predicted molar refractivity (Wildman–Crippen MR) is 48.4 cm³/mol. The van der Waals surface area contributed by atoms with Gasteiger partial charge in [0.25, 0.3) is 0 Å². The zero-order chi connectivity index (χ0) is 8.55. The number of hydrogen-bond acceptors (Lipinski definition) is 2. The number of rotatable bonds is 1. The molecule has 2 N–H and O–H groups in total. The zero-order valence-corrected chi connectivity index (χ0v) is 7.17. The highest BCUT2D eigenvalue weighted by atomic mass is 16.3. The van der Waals surface area contributed by atoms with Gasteiger partial charge in [-0.2, -0.15) is 0 Å². The summed E-state index contributed by atoms with van der Waals surface area (Å²) in [5.41, 5.74) is 2.65. The number of likely N-dealkylation sites (N-methyl/N-ethyl adjacent to an activating group) is 1. The van der Waals surface area contributed by atoms with E-state index in [0.29, 0.717) is 11.8 Å². The molecule has 12 heavy (non-hydrogen) atoms. The molecule has 2 nitrogen and oxygen atoms in total. The maximum absolute atomic E-state index is 9.23. The van der Waals surface area contributed by atoms with E-state index in [1.54, 1.807) is 6.07 Å². The van der Waals surface area contributed by atoms with Gasteiger partial charge in [-0.25, -0.2) is 0 Å². The highest BCUT2D eigenvalue weighted by molar-refractivity contribution is 5.39. The second-order valence-electron chi connectivity index (χ2n) is 3.35. The molecular formula is C10H13NO. The summed E-state index contributed by atoms with van der Waals surface area (Å²) in [6, 6.07) is 6.20. The van der Waals surface area contributed by atoms with Gasteiger partial charge in [-0.3, -0.25) is 0 Å². The quantitative estimate of drug-likeness (QED) is 0.649. The molecule has 0 aromatic heterocycles. The van der Waals surface area contributed by atoms with Gasteiger partial charge in [-0.1, -0.05) is 6.07 Å². The molecule has 1 unspecified atom stereocenters. The Morgan fingerprint density at radius 1 is 1.33 bits per heavy atom. The normalized spacial score (nSPS) is 20.9. The summed E-state index contributed by atoms with van der Waals surface area (Å²) < 4.78 is 0. The van der Waals surface area contributed by atoms with Gasteiger partial charge >= 0.3 is 0 Å². The fourth-order valence-corrected chi connectivity index (χ4v) is 1.81. The molecule has 0 heterocycles. The number of hydrogen-bond donors (Lipinski definition) is 2. The molecule has 0 fully saturated rings. The molecule has 0 saturated carbocycles. The minimum absolute atomic E-state index is 0.380. The molecule has 2 rings (SSSR count). The van der Waals surface area contributed by atoms with E-state index in [0.717, 1.165) is 12.8 Å². The second kappa shape index (κ2) is 2.79. The molecule has 1 aliphatic carbocycles. The first-order valence-electron chi connectivity index (χ1n) is 4.27. The SMILES string of the molecule is CNC1Cc2ccc(O)cc2C1. The van der Waals surface area contributed by atoms with E-state index in [9.17, 15) is 5.11 Å². The first-order chi connectivity index (χ1) is 5.79. The molecule has 0 saturated heterocycles. The molecule has 64 valence electrons. The lowest BCUT2D eigenvalue weighted by molar-refractivity contribution is 0.474. The van der Waals surface area contributed by atoms with E-state index >= 15 is 0 Å². The monoisotopic (exact) mass is 163 g/mol. The van der Waals surface area contributed by atoms with E-state index in [-0.39, 0.29) is 0 Å². The molecule has 1 atom stereocenters. The van der Waals surface area contributed by atoms with Crippen LogP contribution in [0.1, 0.15) is 11.1 Å². The second-order valence-corrected chi connectivity index (χ2v) is 3.35. The van der Waals surface area contributed by atoms with Gasteiger partial charge in [0.1, 0.15) is 5.75 Å². The Balaban J connectivity index is 2.30. The predicted octanol–water partition coefficient (Wildman–Crippen LogP) is 1.08.